The minimum atomic E-state index is 0.336. The van der Waals surface area contributed by atoms with E-state index in [2.05, 4.69) is 38.1 Å². The van der Waals surface area contributed by atoms with E-state index < -0.39 is 0 Å². The Labute approximate surface area is 103 Å². The highest BCUT2D eigenvalue weighted by atomic mass is 32.2. The zero-order chi connectivity index (χ0) is 11.8. The van der Waals surface area contributed by atoms with Crippen molar-refractivity contribution in [1.82, 2.24) is 0 Å². The summed E-state index contributed by atoms with van der Waals surface area (Å²) >= 11 is 1.74. The van der Waals surface area contributed by atoms with Crippen LogP contribution in [0.2, 0.25) is 0 Å². The van der Waals surface area contributed by atoms with Gasteiger partial charge in [0, 0.05) is 6.42 Å². The Morgan fingerprint density at radius 1 is 1.12 bits per heavy atom. The minimum Gasteiger partial charge on any atom is -0.298 e. The van der Waals surface area contributed by atoms with Crippen LogP contribution in [0.5, 0.6) is 0 Å². The lowest BCUT2D eigenvalue weighted by Gasteiger charge is -2.02. The first-order valence-electron chi connectivity index (χ1n) is 5.93. The number of ketones is 1. The third kappa shape index (κ3) is 4.84. The van der Waals surface area contributed by atoms with Gasteiger partial charge in [0.25, 0.3) is 0 Å². The maximum Gasteiger partial charge on any atom is 0.147 e. The van der Waals surface area contributed by atoms with Crippen LogP contribution in [-0.4, -0.2) is 17.3 Å². The number of carbonyl (C=O) groups is 1. The van der Waals surface area contributed by atoms with Gasteiger partial charge in [-0.25, -0.2) is 0 Å². The molecule has 0 heterocycles. The fraction of sp³-hybridized carbons (Fsp3) is 0.500. The summed E-state index contributed by atoms with van der Waals surface area (Å²) in [5.41, 5.74) is 2.47. The zero-order valence-electron chi connectivity index (χ0n) is 10.2. The predicted octanol–water partition coefficient (Wildman–Crippen LogP) is 3.50. The number of rotatable bonds is 7. The molecule has 0 atom stereocenters. The molecule has 0 saturated carbocycles. The molecular formula is C14H20OS. The largest absolute Gasteiger partial charge is 0.298 e. The normalized spacial score (nSPS) is 10.4. The molecule has 0 aromatic heterocycles. The molecule has 16 heavy (non-hydrogen) atoms. The predicted molar refractivity (Wildman–Crippen MR) is 72.1 cm³/mol. The molecule has 1 nitrogen and oxygen atoms in total. The van der Waals surface area contributed by atoms with Crippen molar-refractivity contribution < 1.29 is 4.79 Å². The SMILES string of the molecule is CCCSCC(=O)Cc1ccc(CC)cc1. The molecule has 2 heteroatoms. The van der Waals surface area contributed by atoms with E-state index in [1.807, 2.05) is 0 Å². The van der Waals surface area contributed by atoms with Crippen molar-refractivity contribution in [3.63, 3.8) is 0 Å². The molecule has 0 unspecified atom stereocenters. The highest BCUT2D eigenvalue weighted by Gasteiger charge is 2.03. The number of hydrogen-bond acceptors (Lipinski definition) is 2. The van der Waals surface area contributed by atoms with Gasteiger partial charge in [0.15, 0.2) is 0 Å². The van der Waals surface area contributed by atoms with Gasteiger partial charge in [0.2, 0.25) is 0 Å². The molecule has 0 aliphatic heterocycles. The summed E-state index contributed by atoms with van der Waals surface area (Å²) in [6, 6.07) is 8.37. The van der Waals surface area contributed by atoms with Crippen LogP contribution in [0.4, 0.5) is 0 Å². The van der Waals surface area contributed by atoms with E-state index >= 15 is 0 Å². The number of carbonyl (C=O) groups excluding carboxylic acids is 1. The standard InChI is InChI=1S/C14H20OS/c1-3-9-16-11-14(15)10-13-7-5-12(4-2)6-8-13/h5-8H,3-4,9-11H2,1-2H3. The number of aryl methyl sites for hydroxylation is 1. The monoisotopic (exact) mass is 236 g/mol. The van der Waals surface area contributed by atoms with Crippen molar-refractivity contribution in [2.24, 2.45) is 0 Å². The van der Waals surface area contributed by atoms with E-state index in [9.17, 15) is 4.79 Å². The molecule has 0 saturated heterocycles. The van der Waals surface area contributed by atoms with Crippen molar-refractivity contribution >= 4 is 17.5 Å². The zero-order valence-corrected chi connectivity index (χ0v) is 11.0. The Hall–Kier alpha value is -0.760. The molecule has 0 aliphatic carbocycles. The Bertz CT molecular complexity index is 316. The summed E-state index contributed by atoms with van der Waals surface area (Å²) in [7, 11) is 0. The van der Waals surface area contributed by atoms with Gasteiger partial charge in [-0.15, -0.1) is 0 Å². The van der Waals surface area contributed by atoms with Gasteiger partial charge in [-0.2, -0.15) is 11.8 Å². The van der Waals surface area contributed by atoms with E-state index in [4.69, 9.17) is 0 Å². The lowest BCUT2D eigenvalue weighted by atomic mass is 10.1. The maximum absolute atomic E-state index is 11.6. The molecule has 0 amide bonds. The number of Topliss-reactive ketones (excluding diaryl/α,β-unsaturated/α-hetero) is 1. The first-order valence-corrected chi connectivity index (χ1v) is 7.09. The fourth-order valence-corrected chi connectivity index (χ4v) is 2.26. The first kappa shape index (κ1) is 13.3. The molecular weight excluding hydrogens is 216 g/mol. The molecule has 0 spiro atoms. The summed E-state index contributed by atoms with van der Waals surface area (Å²) in [4.78, 5) is 11.6. The van der Waals surface area contributed by atoms with Gasteiger partial charge >= 0.3 is 0 Å². The van der Waals surface area contributed by atoms with Crippen LogP contribution >= 0.6 is 11.8 Å². The van der Waals surface area contributed by atoms with Gasteiger partial charge in [-0.3, -0.25) is 4.79 Å². The molecule has 1 aromatic rings. The van der Waals surface area contributed by atoms with Crippen LogP contribution < -0.4 is 0 Å². The van der Waals surface area contributed by atoms with Crippen molar-refractivity contribution in [1.29, 1.82) is 0 Å². The van der Waals surface area contributed by atoms with E-state index in [0.29, 0.717) is 18.0 Å². The Morgan fingerprint density at radius 3 is 2.31 bits per heavy atom. The highest BCUT2D eigenvalue weighted by Crippen LogP contribution is 2.08. The molecule has 0 N–H and O–H groups in total. The van der Waals surface area contributed by atoms with E-state index in [0.717, 1.165) is 24.2 Å². The van der Waals surface area contributed by atoms with Crippen molar-refractivity contribution in [3.05, 3.63) is 35.4 Å². The smallest absolute Gasteiger partial charge is 0.147 e. The van der Waals surface area contributed by atoms with Crippen molar-refractivity contribution in [3.8, 4) is 0 Å². The van der Waals surface area contributed by atoms with Crippen molar-refractivity contribution in [2.45, 2.75) is 33.1 Å². The average molecular weight is 236 g/mol. The van der Waals surface area contributed by atoms with Gasteiger partial charge in [0.05, 0.1) is 5.75 Å². The Kier molecular flexibility index (Phi) is 6.24. The van der Waals surface area contributed by atoms with Gasteiger partial charge < -0.3 is 0 Å². The molecule has 0 bridgehead atoms. The van der Waals surface area contributed by atoms with E-state index in [-0.39, 0.29) is 0 Å². The molecule has 0 fully saturated rings. The lowest BCUT2D eigenvalue weighted by molar-refractivity contribution is -0.116. The van der Waals surface area contributed by atoms with Gasteiger partial charge in [0.1, 0.15) is 5.78 Å². The third-order valence-corrected chi connectivity index (χ3v) is 3.67. The Balaban J connectivity index is 2.37. The third-order valence-electron chi connectivity index (χ3n) is 2.44. The Morgan fingerprint density at radius 2 is 1.75 bits per heavy atom. The summed E-state index contributed by atoms with van der Waals surface area (Å²) in [5, 5.41) is 0. The fourth-order valence-electron chi connectivity index (χ4n) is 1.50. The molecule has 1 aromatic carbocycles. The molecule has 0 radical (unpaired) electrons. The maximum atomic E-state index is 11.6. The van der Waals surface area contributed by atoms with E-state index in [1.165, 1.54) is 5.56 Å². The molecule has 0 aliphatic rings. The number of hydrogen-bond donors (Lipinski definition) is 0. The second-order valence-corrected chi connectivity index (χ2v) is 5.04. The van der Waals surface area contributed by atoms with E-state index in [1.54, 1.807) is 11.8 Å². The molecule has 1 rings (SSSR count). The first-order chi connectivity index (χ1) is 7.76. The average Bonchev–Trinajstić information content (AvgIpc) is 2.30. The topological polar surface area (TPSA) is 17.1 Å². The lowest BCUT2D eigenvalue weighted by Crippen LogP contribution is -2.06. The molecule has 88 valence electrons. The quantitative estimate of drug-likeness (QED) is 0.674. The summed E-state index contributed by atoms with van der Waals surface area (Å²) < 4.78 is 0. The second-order valence-electron chi connectivity index (χ2n) is 3.94. The number of benzene rings is 1. The summed E-state index contributed by atoms with van der Waals surface area (Å²) in [6.07, 6.45) is 2.78. The van der Waals surface area contributed by atoms with Crippen LogP contribution in [0.15, 0.2) is 24.3 Å². The van der Waals surface area contributed by atoms with Crippen LogP contribution in [0.1, 0.15) is 31.4 Å². The van der Waals surface area contributed by atoms with Crippen LogP contribution in [0, 0.1) is 0 Å². The van der Waals surface area contributed by atoms with Gasteiger partial charge in [-0.1, -0.05) is 38.1 Å². The second kappa shape index (κ2) is 7.50. The van der Waals surface area contributed by atoms with Crippen LogP contribution in [-0.2, 0) is 17.6 Å². The highest BCUT2D eigenvalue weighted by molar-refractivity contribution is 7.99. The minimum absolute atomic E-state index is 0.336. The summed E-state index contributed by atoms with van der Waals surface area (Å²) in [5.74, 6) is 2.08. The van der Waals surface area contributed by atoms with Crippen LogP contribution in [0.25, 0.3) is 0 Å². The van der Waals surface area contributed by atoms with Crippen molar-refractivity contribution in [2.75, 3.05) is 11.5 Å². The number of thioether (sulfide) groups is 1. The summed E-state index contributed by atoms with van der Waals surface area (Å²) in [6.45, 7) is 4.28. The van der Waals surface area contributed by atoms with Gasteiger partial charge in [-0.05, 0) is 29.7 Å². The van der Waals surface area contributed by atoms with Crippen LogP contribution in [0.3, 0.4) is 0 Å².